The maximum atomic E-state index is 13.9. The summed E-state index contributed by atoms with van der Waals surface area (Å²) in [7, 11) is 1.87. The van der Waals surface area contributed by atoms with Crippen LogP contribution < -0.4 is 5.32 Å². The van der Waals surface area contributed by atoms with E-state index in [1.807, 2.05) is 31.3 Å². The number of allylic oxidation sites excluding steroid dienone is 2. The predicted molar refractivity (Wildman–Crippen MR) is 108 cm³/mol. The first-order valence-corrected chi connectivity index (χ1v) is 9.66. The van der Waals surface area contributed by atoms with Crippen molar-refractivity contribution in [3.63, 3.8) is 0 Å². The largest absolute Gasteiger partial charge is 0.463 e. The number of rotatable bonds is 4. The number of halogens is 1. The molecule has 1 aliphatic rings. The Morgan fingerprint density at radius 3 is 2.82 bits per heavy atom. The number of amides is 1. The molecule has 0 radical (unpaired) electrons. The molecule has 2 aromatic heterocycles. The number of nitrogens with zero attached hydrogens (tertiary/aromatic N) is 2. The molecule has 3 aromatic rings. The fourth-order valence-corrected chi connectivity index (χ4v) is 4.01. The Morgan fingerprint density at radius 1 is 1.21 bits per heavy atom. The second kappa shape index (κ2) is 7.90. The summed E-state index contributed by atoms with van der Waals surface area (Å²) in [4.78, 5) is 13.4. The topological polar surface area (TPSA) is 60.1 Å². The fraction of sp³-hybridized carbons (Fsp3) is 0.143. The molecule has 0 aliphatic carbocycles. The number of aryl methyl sites for hydroxylation is 1. The Balaban J connectivity index is 1.55. The average Bonchev–Trinajstić information content (AvgIpc) is 3.28. The molecule has 3 heterocycles. The van der Waals surface area contributed by atoms with E-state index < -0.39 is 11.7 Å². The normalized spacial score (nSPS) is 14.2. The van der Waals surface area contributed by atoms with Gasteiger partial charge < -0.3 is 9.73 Å². The number of hydrogen-bond acceptors (Lipinski definition) is 4. The van der Waals surface area contributed by atoms with Gasteiger partial charge in [0.05, 0.1) is 22.5 Å². The summed E-state index contributed by atoms with van der Waals surface area (Å²) in [6.07, 6.45) is 7.31. The van der Waals surface area contributed by atoms with E-state index >= 15 is 0 Å². The maximum Gasteiger partial charge on any atom is 0.259 e. The number of thioether (sulfide) groups is 1. The Bertz CT molecular complexity index is 1070. The molecule has 142 valence electrons. The standard InChI is InChI=1S/C21H18FN3O2S/c1-25-17(13-16(24-25)18-9-6-12-27-18)19-10-4-5-11-20(28-19)23-21(26)14-7-2-3-8-15(14)22/h2-3,6-13H,4-5H2,1H3,(H,23,26). The molecule has 0 saturated carbocycles. The molecule has 0 saturated heterocycles. The lowest BCUT2D eigenvalue weighted by Crippen LogP contribution is -2.22. The molecular weight excluding hydrogens is 377 g/mol. The van der Waals surface area contributed by atoms with Crippen molar-refractivity contribution in [2.75, 3.05) is 0 Å². The average molecular weight is 395 g/mol. The summed E-state index contributed by atoms with van der Waals surface area (Å²) in [6, 6.07) is 11.6. The van der Waals surface area contributed by atoms with Crippen molar-refractivity contribution in [3.8, 4) is 11.5 Å². The van der Waals surface area contributed by atoms with Crippen LogP contribution in [0.4, 0.5) is 4.39 Å². The molecule has 1 amide bonds. The monoisotopic (exact) mass is 395 g/mol. The van der Waals surface area contributed by atoms with Crippen molar-refractivity contribution in [1.29, 1.82) is 0 Å². The number of carbonyl (C=O) groups is 1. The molecule has 1 aromatic carbocycles. The van der Waals surface area contributed by atoms with Crippen molar-refractivity contribution >= 4 is 22.6 Å². The van der Waals surface area contributed by atoms with E-state index in [0.29, 0.717) is 10.8 Å². The molecule has 0 fully saturated rings. The Labute approximate surface area is 165 Å². The third kappa shape index (κ3) is 3.80. The second-order valence-electron chi connectivity index (χ2n) is 6.27. The van der Waals surface area contributed by atoms with Gasteiger partial charge in [0.1, 0.15) is 11.5 Å². The smallest absolute Gasteiger partial charge is 0.259 e. The van der Waals surface area contributed by atoms with Crippen LogP contribution in [0.2, 0.25) is 0 Å². The summed E-state index contributed by atoms with van der Waals surface area (Å²) >= 11 is 1.44. The van der Waals surface area contributed by atoms with Crippen LogP contribution in [0.15, 0.2) is 70.3 Å². The molecule has 0 unspecified atom stereocenters. The number of nitrogens with one attached hydrogen (secondary N) is 1. The lowest BCUT2D eigenvalue weighted by molar-refractivity contribution is 0.0965. The summed E-state index contributed by atoms with van der Waals surface area (Å²) < 4.78 is 21.1. The van der Waals surface area contributed by atoms with Crippen LogP contribution in [0.3, 0.4) is 0 Å². The number of benzene rings is 1. The van der Waals surface area contributed by atoms with Gasteiger partial charge >= 0.3 is 0 Å². The van der Waals surface area contributed by atoms with E-state index in [1.54, 1.807) is 23.1 Å². The van der Waals surface area contributed by atoms with Crippen LogP contribution in [0.1, 0.15) is 28.9 Å². The molecule has 5 nitrogen and oxygen atoms in total. The van der Waals surface area contributed by atoms with Crippen molar-refractivity contribution in [2.45, 2.75) is 12.8 Å². The van der Waals surface area contributed by atoms with Crippen molar-refractivity contribution in [2.24, 2.45) is 7.05 Å². The minimum Gasteiger partial charge on any atom is -0.463 e. The van der Waals surface area contributed by atoms with Gasteiger partial charge in [-0.3, -0.25) is 9.48 Å². The molecule has 7 heteroatoms. The van der Waals surface area contributed by atoms with E-state index in [4.69, 9.17) is 4.42 Å². The summed E-state index contributed by atoms with van der Waals surface area (Å²) in [5.74, 6) is -0.297. The van der Waals surface area contributed by atoms with Gasteiger partial charge in [-0.1, -0.05) is 36.0 Å². The predicted octanol–water partition coefficient (Wildman–Crippen LogP) is 4.96. The lowest BCUT2D eigenvalue weighted by atomic mass is 10.2. The number of hydrogen-bond donors (Lipinski definition) is 1. The maximum absolute atomic E-state index is 13.9. The van der Waals surface area contributed by atoms with E-state index in [-0.39, 0.29) is 5.56 Å². The molecule has 1 N–H and O–H groups in total. The number of furan rings is 1. The SMILES string of the molecule is Cn1nc(-c2ccco2)cc1C1=CCCC=C(NC(=O)c2ccccc2F)S1. The first-order chi connectivity index (χ1) is 13.6. The zero-order valence-corrected chi connectivity index (χ0v) is 16.0. The van der Waals surface area contributed by atoms with Gasteiger partial charge in [-0.05, 0) is 43.2 Å². The third-order valence-corrected chi connectivity index (χ3v) is 5.39. The first-order valence-electron chi connectivity index (χ1n) is 8.84. The molecule has 4 rings (SSSR count). The Morgan fingerprint density at radius 2 is 2.04 bits per heavy atom. The van der Waals surface area contributed by atoms with E-state index in [0.717, 1.165) is 29.1 Å². The highest BCUT2D eigenvalue weighted by Crippen LogP contribution is 2.37. The van der Waals surface area contributed by atoms with E-state index in [9.17, 15) is 9.18 Å². The minimum atomic E-state index is -0.537. The van der Waals surface area contributed by atoms with Crippen LogP contribution in [-0.4, -0.2) is 15.7 Å². The van der Waals surface area contributed by atoms with Gasteiger partial charge in [-0.2, -0.15) is 5.10 Å². The molecule has 28 heavy (non-hydrogen) atoms. The highest BCUT2D eigenvalue weighted by molar-refractivity contribution is 8.11. The second-order valence-corrected chi connectivity index (χ2v) is 7.35. The van der Waals surface area contributed by atoms with Crippen molar-refractivity contribution < 1.29 is 13.6 Å². The first kappa shape index (κ1) is 18.3. The number of aromatic nitrogens is 2. The van der Waals surface area contributed by atoms with E-state index in [2.05, 4.69) is 16.5 Å². The molecular formula is C21H18FN3O2S. The quantitative estimate of drug-likeness (QED) is 0.678. The molecule has 0 bridgehead atoms. The van der Waals surface area contributed by atoms with Crippen LogP contribution >= 0.6 is 11.8 Å². The van der Waals surface area contributed by atoms with Crippen molar-refractivity contribution in [3.05, 3.63) is 83.0 Å². The van der Waals surface area contributed by atoms with Gasteiger partial charge in [-0.15, -0.1) is 0 Å². The number of carbonyl (C=O) groups excluding carboxylic acids is 1. The van der Waals surface area contributed by atoms with Crippen LogP contribution in [0, 0.1) is 5.82 Å². The lowest BCUT2D eigenvalue weighted by Gasteiger charge is -2.11. The molecule has 0 atom stereocenters. The Hall–Kier alpha value is -3.06. The van der Waals surface area contributed by atoms with Crippen LogP contribution in [-0.2, 0) is 7.05 Å². The highest BCUT2D eigenvalue weighted by atomic mass is 32.2. The third-order valence-electron chi connectivity index (χ3n) is 4.31. The highest BCUT2D eigenvalue weighted by Gasteiger charge is 2.18. The summed E-state index contributed by atoms with van der Waals surface area (Å²) in [5.41, 5.74) is 1.69. The molecule has 1 aliphatic heterocycles. The minimum absolute atomic E-state index is 0.0272. The fourth-order valence-electron chi connectivity index (χ4n) is 2.93. The van der Waals surface area contributed by atoms with Gasteiger partial charge in [0.25, 0.3) is 5.91 Å². The molecule has 0 spiro atoms. The van der Waals surface area contributed by atoms with Gasteiger partial charge in [0, 0.05) is 12.0 Å². The van der Waals surface area contributed by atoms with Crippen molar-refractivity contribution in [1.82, 2.24) is 15.1 Å². The van der Waals surface area contributed by atoms with Gasteiger partial charge in [0.15, 0.2) is 5.76 Å². The zero-order chi connectivity index (χ0) is 19.5. The summed E-state index contributed by atoms with van der Waals surface area (Å²) in [6.45, 7) is 0. The van der Waals surface area contributed by atoms with Gasteiger partial charge in [0.2, 0.25) is 0 Å². The zero-order valence-electron chi connectivity index (χ0n) is 15.2. The van der Waals surface area contributed by atoms with Crippen LogP contribution in [0.5, 0.6) is 0 Å². The van der Waals surface area contributed by atoms with Gasteiger partial charge in [-0.25, -0.2) is 4.39 Å². The Kier molecular flexibility index (Phi) is 5.16. The van der Waals surface area contributed by atoms with E-state index in [1.165, 1.54) is 23.9 Å². The van der Waals surface area contributed by atoms with Crippen LogP contribution in [0.25, 0.3) is 16.4 Å². The summed E-state index contributed by atoms with van der Waals surface area (Å²) in [5, 5.41) is 8.02.